The van der Waals surface area contributed by atoms with Crippen LogP contribution >= 0.6 is 11.6 Å². The van der Waals surface area contributed by atoms with Gasteiger partial charge < -0.3 is 19.9 Å². The zero-order valence-electron chi connectivity index (χ0n) is 16.7. The van der Waals surface area contributed by atoms with Gasteiger partial charge in [-0.2, -0.15) is 0 Å². The quantitative estimate of drug-likeness (QED) is 0.519. The Hall–Kier alpha value is -2.90. The van der Waals surface area contributed by atoms with Crippen molar-refractivity contribution in [2.24, 2.45) is 0 Å². The number of fused-ring (bicyclic) bond motifs is 1. The lowest BCUT2D eigenvalue weighted by Crippen LogP contribution is -2.38. The molecule has 0 fully saturated rings. The maximum absolute atomic E-state index is 13.4. The molecule has 8 heteroatoms. The maximum Gasteiger partial charge on any atom is 0.322 e. The van der Waals surface area contributed by atoms with Crippen molar-refractivity contribution in [2.75, 3.05) is 25.6 Å². The molecule has 1 heterocycles. The van der Waals surface area contributed by atoms with Crippen molar-refractivity contribution in [3.8, 4) is 0 Å². The van der Waals surface area contributed by atoms with Gasteiger partial charge in [-0.15, -0.1) is 0 Å². The number of aromatic amines is 1. The smallest absolute Gasteiger partial charge is 0.322 e. The molecule has 0 aliphatic rings. The van der Waals surface area contributed by atoms with Crippen LogP contribution in [0.3, 0.4) is 0 Å². The van der Waals surface area contributed by atoms with E-state index in [9.17, 15) is 14.0 Å². The Morgan fingerprint density at radius 1 is 1.27 bits per heavy atom. The van der Waals surface area contributed by atoms with E-state index in [0.717, 1.165) is 10.9 Å². The molecule has 2 N–H and O–H groups in total. The van der Waals surface area contributed by atoms with E-state index in [1.54, 1.807) is 30.3 Å². The van der Waals surface area contributed by atoms with Crippen molar-refractivity contribution in [3.05, 3.63) is 75.4 Å². The normalized spacial score (nSPS) is 12.0. The third-order valence-corrected chi connectivity index (χ3v) is 5.23. The minimum atomic E-state index is -0.556. The SMILES string of the molecule is COCCCN(C(=O)Nc1ccc(F)c(Cl)c1)[C@@H](C)c1c[nH]c(=O)c2ccccc12. The summed E-state index contributed by atoms with van der Waals surface area (Å²) in [5.41, 5.74) is 1.02. The number of anilines is 1. The molecule has 30 heavy (non-hydrogen) atoms. The number of urea groups is 1. The lowest BCUT2D eigenvalue weighted by Gasteiger charge is -2.30. The Morgan fingerprint density at radius 3 is 2.70 bits per heavy atom. The highest BCUT2D eigenvalue weighted by atomic mass is 35.5. The van der Waals surface area contributed by atoms with Gasteiger partial charge in [0.2, 0.25) is 0 Å². The number of methoxy groups -OCH3 is 1. The molecule has 1 aromatic heterocycles. The fourth-order valence-corrected chi connectivity index (χ4v) is 3.55. The average Bonchev–Trinajstić information content (AvgIpc) is 2.74. The Bertz CT molecular complexity index is 1100. The second-order valence-electron chi connectivity index (χ2n) is 6.89. The maximum atomic E-state index is 13.4. The fraction of sp³-hybridized carbons (Fsp3) is 0.273. The van der Waals surface area contributed by atoms with Crippen LogP contribution in [0.1, 0.15) is 24.9 Å². The number of aromatic nitrogens is 1. The number of H-pyrrole nitrogens is 1. The minimum Gasteiger partial charge on any atom is -0.385 e. The summed E-state index contributed by atoms with van der Waals surface area (Å²) in [5.74, 6) is -0.556. The Labute approximate surface area is 178 Å². The van der Waals surface area contributed by atoms with Crippen LogP contribution in [0.4, 0.5) is 14.9 Å². The Morgan fingerprint density at radius 2 is 2.00 bits per heavy atom. The molecule has 0 saturated carbocycles. The van der Waals surface area contributed by atoms with Crippen LogP contribution in [0.5, 0.6) is 0 Å². The molecule has 158 valence electrons. The number of nitrogens with zero attached hydrogens (tertiary/aromatic N) is 1. The molecule has 0 aliphatic heterocycles. The first kappa shape index (κ1) is 21.8. The highest BCUT2D eigenvalue weighted by Crippen LogP contribution is 2.27. The molecule has 2 aromatic carbocycles. The van der Waals surface area contributed by atoms with Gasteiger partial charge in [-0.05, 0) is 48.6 Å². The third kappa shape index (κ3) is 4.80. The van der Waals surface area contributed by atoms with Gasteiger partial charge in [0.25, 0.3) is 5.56 Å². The van der Waals surface area contributed by atoms with E-state index in [2.05, 4.69) is 10.3 Å². The van der Waals surface area contributed by atoms with E-state index in [0.29, 0.717) is 30.6 Å². The molecular formula is C22H23ClFN3O3. The second-order valence-corrected chi connectivity index (χ2v) is 7.30. The van der Waals surface area contributed by atoms with Crippen LogP contribution in [0.15, 0.2) is 53.5 Å². The van der Waals surface area contributed by atoms with Crippen LogP contribution in [0.25, 0.3) is 10.8 Å². The first-order valence-electron chi connectivity index (χ1n) is 9.54. The standard InChI is InChI=1S/C22H23ClFN3O3/c1-14(18-13-25-21(28)17-7-4-3-6-16(17)18)27(10-5-11-30-2)22(29)26-15-8-9-20(24)19(23)12-15/h3-4,6-9,12-14H,5,10-11H2,1-2H3,(H,25,28)(H,26,29)/t14-/m0/s1. The number of pyridine rings is 1. The average molecular weight is 432 g/mol. The second kappa shape index (κ2) is 9.73. The number of hydrogen-bond donors (Lipinski definition) is 2. The summed E-state index contributed by atoms with van der Waals surface area (Å²) in [6, 6.07) is 10.6. The Balaban J connectivity index is 1.92. The van der Waals surface area contributed by atoms with Crippen LogP contribution < -0.4 is 10.9 Å². The monoisotopic (exact) mass is 431 g/mol. The van der Waals surface area contributed by atoms with Crippen molar-refractivity contribution in [3.63, 3.8) is 0 Å². The van der Waals surface area contributed by atoms with Gasteiger partial charge in [0.1, 0.15) is 5.82 Å². The summed E-state index contributed by atoms with van der Waals surface area (Å²) in [6.07, 6.45) is 2.26. The van der Waals surface area contributed by atoms with Crippen LogP contribution in [0, 0.1) is 5.82 Å². The predicted molar refractivity (Wildman–Crippen MR) is 117 cm³/mol. The van der Waals surface area contributed by atoms with Gasteiger partial charge >= 0.3 is 6.03 Å². The van der Waals surface area contributed by atoms with E-state index < -0.39 is 5.82 Å². The van der Waals surface area contributed by atoms with Gasteiger partial charge in [-0.25, -0.2) is 9.18 Å². The van der Waals surface area contributed by atoms with Gasteiger partial charge in [-0.1, -0.05) is 29.8 Å². The minimum absolute atomic E-state index is 0.0709. The first-order chi connectivity index (χ1) is 14.4. The number of carbonyl (C=O) groups is 1. The summed E-state index contributed by atoms with van der Waals surface area (Å²) in [5, 5.41) is 4.04. The van der Waals surface area contributed by atoms with Gasteiger partial charge in [0.05, 0.1) is 11.1 Å². The largest absolute Gasteiger partial charge is 0.385 e. The highest BCUT2D eigenvalue weighted by molar-refractivity contribution is 6.31. The van der Waals surface area contributed by atoms with E-state index >= 15 is 0 Å². The molecule has 0 unspecified atom stereocenters. The van der Waals surface area contributed by atoms with E-state index in [1.165, 1.54) is 18.2 Å². The molecule has 1 atom stereocenters. The molecule has 0 aliphatic carbocycles. The molecule has 0 spiro atoms. The zero-order chi connectivity index (χ0) is 21.7. The number of rotatable bonds is 7. The van der Waals surface area contributed by atoms with Crippen molar-refractivity contribution in [1.29, 1.82) is 0 Å². The number of nitrogens with one attached hydrogen (secondary N) is 2. The lowest BCUT2D eigenvalue weighted by molar-refractivity contribution is 0.161. The van der Waals surface area contributed by atoms with Gasteiger partial charge in [0, 0.05) is 37.5 Å². The molecule has 3 rings (SSSR count). The van der Waals surface area contributed by atoms with Crippen LogP contribution in [0.2, 0.25) is 5.02 Å². The number of carbonyl (C=O) groups excluding carboxylic acids is 1. The number of halogens is 2. The van der Waals surface area contributed by atoms with E-state index in [4.69, 9.17) is 16.3 Å². The van der Waals surface area contributed by atoms with Crippen LogP contribution in [-0.2, 0) is 4.74 Å². The molecule has 6 nitrogen and oxygen atoms in total. The Kier molecular flexibility index (Phi) is 7.07. The molecule has 3 aromatic rings. The molecule has 0 saturated heterocycles. The number of hydrogen-bond acceptors (Lipinski definition) is 3. The number of ether oxygens (including phenoxy) is 1. The summed E-state index contributed by atoms with van der Waals surface area (Å²) in [7, 11) is 1.60. The van der Waals surface area contributed by atoms with E-state index in [-0.39, 0.29) is 22.7 Å². The molecule has 0 radical (unpaired) electrons. The molecular weight excluding hydrogens is 409 g/mol. The van der Waals surface area contributed by atoms with E-state index in [1.807, 2.05) is 19.1 Å². The summed E-state index contributed by atoms with van der Waals surface area (Å²) < 4.78 is 18.6. The third-order valence-electron chi connectivity index (χ3n) is 4.94. The van der Waals surface area contributed by atoms with Crippen molar-refractivity contribution >= 4 is 34.1 Å². The van der Waals surface area contributed by atoms with Crippen molar-refractivity contribution in [1.82, 2.24) is 9.88 Å². The number of benzene rings is 2. The summed E-state index contributed by atoms with van der Waals surface area (Å²) >= 11 is 5.83. The summed E-state index contributed by atoms with van der Waals surface area (Å²) in [6.45, 7) is 2.80. The van der Waals surface area contributed by atoms with Crippen LogP contribution in [-0.4, -0.2) is 36.2 Å². The first-order valence-corrected chi connectivity index (χ1v) is 9.92. The van der Waals surface area contributed by atoms with Gasteiger partial charge in [-0.3, -0.25) is 4.79 Å². The fourth-order valence-electron chi connectivity index (χ4n) is 3.36. The molecule has 0 bridgehead atoms. The molecule has 2 amide bonds. The number of amides is 2. The highest BCUT2D eigenvalue weighted by Gasteiger charge is 2.23. The zero-order valence-corrected chi connectivity index (χ0v) is 17.5. The van der Waals surface area contributed by atoms with Gasteiger partial charge in [0.15, 0.2) is 0 Å². The van der Waals surface area contributed by atoms with Crippen molar-refractivity contribution < 1.29 is 13.9 Å². The summed E-state index contributed by atoms with van der Waals surface area (Å²) in [4.78, 5) is 29.6. The lowest BCUT2D eigenvalue weighted by atomic mass is 10.0. The topological polar surface area (TPSA) is 74.4 Å². The predicted octanol–water partition coefficient (Wildman–Crippen LogP) is 4.95. The van der Waals surface area contributed by atoms with Crippen molar-refractivity contribution in [2.45, 2.75) is 19.4 Å².